The topological polar surface area (TPSA) is 20.2 Å². The summed E-state index contributed by atoms with van der Waals surface area (Å²) in [6.45, 7) is 13.1. The molecule has 0 aliphatic rings. The molecule has 19 heavy (non-hydrogen) atoms. The quantitative estimate of drug-likeness (QED) is 0.799. The molecule has 1 N–H and O–H groups in total. The van der Waals surface area contributed by atoms with Crippen LogP contribution < -0.4 is 0 Å². The van der Waals surface area contributed by atoms with Crippen molar-refractivity contribution in [1.29, 1.82) is 0 Å². The zero-order valence-corrected chi connectivity index (χ0v) is 13.4. The highest BCUT2D eigenvalue weighted by Gasteiger charge is 1.98. The molecular weight excluding hydrogens is 232 g/mol. The molecule has 1 rings (SSSR count). The van der Waals surface area contributed by atoms with Crippen molar-refractivity contribution in [1.82, 2.24) is 0 Å². The van der Waals surface area contributed by atoms with Gasteiger partial charge in [-0.3, -0.25) is 0 Å². The van der Waals surface area contributed by atoms with Crippen LogP contribution in [0.2, 0.25) is 0 Å². The van der Waals surface area contributed by atoms with E-state index in [0.29, 0.717) is 5.92 Å². The van der Waals surface area contributed by atoms with Gasteiger partial charge in [-0.1, -0.05) is 78.0 Å². The summed E-state index contributed by atoms with van der Waals surface area (Å²) < 4.78 is 0. The third kappa shape index (κ3) is 9.49. The van der Waals surface area contributed by atoms with E-state index in [-0.39, 0.29) is 12.5 Å². The molecule has 0 aliphatic heterocycles. The van der Waals surface area contributed by atoms with Gasteiger partial charge in [0.1, 0.15) is 0 Å². The molecule has 0 heterocycles. The second-order valence-corrected chi connectivity index (χ2v) is 6.08. The van der Waals surface area contributed by atoms with Crippen LogP contribution in [0.3, 0.4) is 0 Å². The minimum Gasteiger partial charge on any atom is -0.396 e. The van der Waals surface area contributed by atoms with Crippen molar-refractivity contribution in [2.75, 3.05) is 6.61 Å². The molecule has 0 bridgehead atoms. The van der Waals surface area contributed by atoms with Gasteiger partial charge in [-0.25, -0.2) is 0 Å². The standard InChI is InChI=1S/C14H20O.C4H10/c1-11(2)14-6-4-5-13(9-14)8-7-12(3)10-15;1-4(2)3/h4-9,11-12,15H,10H2,1-3H3;4H,1-3H3/b8-7+;/t12-;/m0./s1. The van der Waals surface area contributed by atoms with Gasteiger partial charge in [0.05, 0.1) is 0 Å². The number of benzene rings is 1. The lowest BCUT2D eigenvalue weighted by Crippen LogP contribution is -1.94. The summed E-state index contributed by atoms with van der Waals surface area (Å²) in [5.41, 5.74) is 2.57. The van der Waals surface area contributed by atoms with E-state index in [2.05, 4.69) is 65.0 Å². The molecule has 0 fully saturated rings. The summed E-state index contributed by atoms with van der Waals surface area (Å²) in [6.07, 6.45) is 4.12. The lowest BCUT2D eigenvalue weighted by molar-refractivity contribution is 0.262. The van der Waals surface area contributed by atoms with Gasteiger partial charge in [-0.15, -0.1) is 0 Å². The van der Waals surface area contributed by atoms with Gasteiger partial charge in [0.2, 0.25) is 0 Å². The fraction of sp³-hybridized carbons (Fsp3) is 0.556. The van der Waals surface area contributed by atoms with Crippen molar-refractivity contribution in [3.8, 4) is 0 Å². The molecular formula is C18H30O. The molecule has 0 spiro atoms. The second-order valence-electron chi connectivity index (χ2n) is 6.08. The summed E-state index contributed by atoms with van der Waals surface area (Å²) in [5.74, 6) is 1.63. The maximum Gasteiger partial charge on any atom is 0.0491 e. The maximum absolute atomic E-state index is 8.90. The van der Waals surface area contributed by atoms with Crippen LogP contribution in [0.1, 0.15) is 58.6 Å². The first-order chi connectivity index (χ1) is 8.86. The minimum absolute atomic E-state index is 0.209. The SMILES string of the molecule is CC(C)C.CC(C)c1cccc(/C=C/[C@H](C)CO)c1. The van der Waals surface area contributed by atoms with Crippen LogP contribution in [0, 0.1) is 11.8 Å². The van der Waals surface area contributed by atoms with E-state index in [4.69, 9.17) is 5.11 Å². The molecule has 1 aromatic rings. The van der Waals surface area contributed by atoms with Crippen molar-refractivity contribution in [2.45, 2.75) is 47.5 Å². The van der Waals surface area contributed by atoms with Crippen molar-refractivity contribution in [3.05, 3.63) is 41.5 Å². The van der Waals surface area contributed by atoms with Crippen LogP contribution >= 0.6 is 0 Å². The summed E-state index contributed by atoms with van der Waals surface area (Å²) >= 11 is 0. The van der Waals surface area contributed by atoms with Gasteiger partial charge in [0.25, 0.3) is 0 Å². The van der Waals surface area contributed by atoms with E-state index in [1.807, 2.05) is 13.0 Å². The Morgan fingerprint density at radius 2 is 1.63 bits per heavy atom. The maximum atomic E-state index is 8.90. The molecule has 0 aliphatic carbocycles. The number of hydrogen-bond donors (Lipinski definition) is 1. The van der Waals surface area contributed by atoms with E-state index in [1.165, 1.54) is 11.1 Å². The van der Waals surface area contributed by atoms with E-state index >= 15 is 0 Å². The van der Waals surface area contributed by atoms with Gasteiger partial charge < -0.3 is 5.11 Å². The summed E-state index contributed by atoms with van der Waals surface area (Å²) in [4.78, 5) is 0. The summed E-state index contributed by atoms with van der Waals surface area (Å²) in [6, 6.07) is 8.52. The molecule has 1 heteroatoms. The predicted octanol–water partition coefficient (Wildman–Crippen LogP) is 5.11. The number of aliphatic hydroxyl groups is 1. The van der Waals surface area contributed by atoms with Crippen LogP contribution in [-0.2, 0) is 0 Å². The molecule has 0 radical (unpaired) electrons. The first-order valence-corrected chi connectivity index (χ1v) is 7.25. The van der Waals surface area contributed by atoms with Crippen LogP contribution in [0.4, 0.5) is 0 Å². The molecule has 1 nitrogen and oxygen atoms in total. The first-order valence-electron chi connectivity index (χ1n) is 7.25. The molecule has 0 unspecified atom stereocenters. The summed E-state index contributed by atoms with van der Waals surface area (Å²) in [5, 5.41) is 8.90. The van der Waals surface area contributed by atoms with Crippen molar-refractivity contribution < 1.29 is 5.11 Å². The lowest BCUT2D eigenvalue weighted by atomic mass is 10.0. The highest BCUT2D eigenvalue weighted by atomic mass is 16.3. The molecule has 1 atom stereocenters. The average molecular weight is 262 g/mol. The average Bonchev–Trinajstić information content (AvgIpc) is 2.35. The van der Waals surface area contributed by atoms with Gasteiger partial charge in [-0.2, -0.15) is 0 Å². The van der Waals surface area contributed by atoms with E-state index < -0.39 is 0 Å². The normalized spacial score (nSPS) is 12.7. The zero-order chi connectivity index (χ0) is 14.8. The highest BCUT2D eigenvalue weighted by Crippen LogP contribution is 2.16. The van der Waals surface area contributed by atoms with E-state index in [1.54, 1.807) is 0 Å². The third-order valence-electron chi connectivity index (χ3n) is 2.48. The Hall–Kier alpha value is -1.08. The highest BCUT2D eigenvalue weighted by molar-refractivity contribution is 5.50. The first kappa shape index (κ1) is 17.9. The Labute approximate surface area is 119 Å². The molecule has 0 aromatic heterocycles. The number of hydrogen-bond acceptors (Lipinski definition) is 1. The third-order valence-corrected chi connectivity index (χ3v) is 2.48. The van der Waals surface area contributed by atoms with Crippen LogP contribution in [-0.4, -0.2) is 11.7 Å². The minimum atomic E-state index is 0.209. The summed E-state index contributed by atoms with van der Waals surface area (Å²) in [7, 11) is 0. The Morgan fingerprint density at radius 1 is 1.05 bits per heavy atom. The Kier molecular flexibility index (Phi) is 9.24. The fourth-order valence-corrected chi connectivity index (χ4v) is 1.36. The smallest absolute Gasteiger partial charge is 0.0491 e. The Balaban J connectivity index is 0.000000711. The van der Waals surface area contributed by atoms with Crippen LogP contribution in [0.15, 0.2) is 30.3 Å². The molecule has 108 valence electrons. The largest absolute Gasteiger partial charge is 0.396 e. The number of rotatable bonds is 4. The van der Waals surface area contributed by atoms with Crippen molar-refractivity contribution in [2.24, 2.45) is 11.8 Å². The van der Waals surface area contributed by atoms with E-state index in [0.717, 1.165) is 5.92 Å². The van der Waals surface area contributed by atoms with Crippen LogP contribution in [0.25, 0.3) is 6.08 Å². The predicted molar refractivity (Wildman–Crippen MR) is 86.3 cm³/mol. The molecule has 0 saturated heterocycles. The van der Waals surface area contributed by atoms with E-state index in [9.17, 15) is 0 Å². The second kappa shape index (κ2) is 9.80. The van der Waals surface area contributed by atoms with Gasteiger partial charge in [0, 0.05) is 6.61 Å². The Bertz CT molecular complexity index is 361. The monoisotopic (exact) mass is 262 g/mol. The van der Waals surface area contributed by atoms with Crippen molar-refractivity contribution in [3.63, 3.8) is 0 Å². The zero-order valence-electron chi connectivity index (χ0n) is 13.4. The van der Waals surface area contributed by atoms with Crippen molar-refractivity contribution >= 4 is 6.08 Å². The number of aliphatic hydroxyl groups excluding tert-OH is 1. The van der Waals surface area contributed by atoms with Gasteiger partial charge in [-0.05, 0) is 28.9 Å². The molecule has 0 amide bonds. The molecule has 1 aromatic carbocycles. The van der Waals surface area contributed by atoms with Gasteiger partial charge in [0.15, 0.2) is 0 Å². The van der Waals surface area contributed by atoms with Crippen LogP contribution in [0.5, 0.6) is 0 Å². The molecule has 0 saturated carbocycles. The lowest BCUT2D eigenvalue weighted by Gasteiger charge is -2.06. The Morgan fingerprint density at radius 3 is 2.11 bits per heavy atom. The fourth-order valence-electron chi connectivity index (χ4n) is 1.36. The van der Waals surface area contributed by atoms with Gasteiger partial charge >= 0.3 is 0 Å².